The summed E-state index contributed by atoms with van der Waals surface area (Å²) in [5, 5.41) is 0.849. The first-order chi connectivity index (χ1) is 8.29. The van der Waals surface area contributed by atoms with Crippen molar-refractivity contribution in [3.05, 3.63) is 35.6 Å². The van der Waals surface area contributed by atoms with Crippen molar-refractivity contribution in [3.8, 4) is 0 Å². The van der Waals surface area contributed by atoms with Gasteiger partial charge in [-0.25, -0.2) is 4.39 Å². The summed E-state index contributed by atoms with van der Waals surface area (Å²) in [5.74, 6) is 0.253. The van der Waals surface area contributed by atoms with Crippen LogP contribution < -0.4 is 0 Å². The molecule has 0 aromatic heterocycles. The summed E-state index contributed by atoms with van der Waals surface area (Å²) in [5.41, 5.74) is 0.861. The van der Waals surface area contributed by atoms with Gasteiger partial charge in [0.25, 0.3) is 0 Å². The first-order valence-electron chi connectivity index (χ1n) is 6.60. The van der Waals surface area contributed by atoms with Gasteiger partial charge < -0.3 is 0 Å². The van der Waals surface area contributed by atoms with Gasteiger partial charge in [-0.2, -0.15) is 0 Å². The van der Waals surface area contributed by atoms with Crippen molar-refractivity contribution in [2.24, 2.45) is 0 Å². The van der Waals surface area contributed by atoms with E-state index in [4.69, 9.17) is 0 Å². The molecule has 0 radical (unpaired) electrons. The Balaban J connectivity index is 2.41. The molecule has 0 saturated carbocycles. The lowest BCUT2D eigenvalue weighted by molar-refractivity contribution is 0.542. The van der Waals surface area contributed by atoms with Crippen molar-refractivity contribution in [1.82, 2.24) is 0 Å². The summed E-state index contributed by atoms with van der Waals surface area (Å²) in [4.78, 5) is 0. The van der Waals surface area contributed by atoms with Crippen LogP contribution in [-0.2, 0) is 0 Å². The third-order valence-corrected chi connectivity index (χ3v) is 3.97. The Bertz CT molecular complexity index is 312. The molecule has 0 heterocycles. The van der Waals surface area contributed by atoms with Gasteiger partial charge in [0.15, 0.2) is 0 Å². The highest BCUT2D eigenvalue weighted by Crippen LogP contribution is 2.26. The van der Waals surface area contributed by atoms with Crippen LogP contribution in [0.25, 0.3) is 0 Å². The average molecular weight is 301 g/mol. The first kappa shape index (κ1) is 14.7. The number of halogens is 2. The molecular formula is C15H22BrF. The highest BCUT2D eigenvalue weighted by molar-refractivity contribution is 9.09. The number of rotatable bonds is 8. The maximum absolute atomic E-state index is 13.6. The summed E-state index contributed by atoms with van der Waals surface area (Å²) >= 11 is 3.50. The van der Waals surface area contributed by atoms with E-state index in [2.05, 4.69) is 22.9 Å². The SMILES string of the molecule is CCCCCCCC(CBr)c1ccccc1F. The second-order valence-electron chi connectivity index (χ2n) is 4.58. The van der Waals surface area contributed by atoms with E-state index in [1.54, 1.807) is 12.1 Å². The number of unbranched alkanes of at least 4 members (excludes halogenated alkanes) is 4. The highest BCUT2D eigenvalue weighted by Gasteiger charge is 2.13. The molecule has 0 fully saturated rings. The molecule has 0 nitrogen and oxygen atoms in total. The van der Waals surface area contributed by atoms with E-state index in [9.17, 15) is 4.39 Å². The summed E-state index contributed by atoms with van der Waals surface area (Å²) in [6, 6.07) is 7.14. The van der Waals surface area contributed by atoms with E-state index in [0.29, 0.717) is 5.92 Å². The second-order valence-corrected chi connectivity index (χ2v) is 5.22. The Kier molecular flexibility index (Phi) is 7.50. The molecule has 0 aliphatic rings. The normalized spacial score (nSPS) is 12.6. The zero-order valence-corrected chi connectivity index (χ0v) is 12.2. The molecule has 0 aliphatic carbocycles. The molecule has 1 aromatic carbocycles. The fourth-order valence-electron chi connectivity index (χ4n) is 2.12. The van der Waals surface area contributed by atoms with Crippen LogP contribution in [0.4, 0.5) is 4.39 Å². The van der Waals surface area contributed by atoms with Crippen LogP contribution in [0.5, 0.6) is 0 Å². The quantitative estimate of drug-likeness (QED) is 0.429. The minimum absolute atomic E-state index is 0.0643. The number of hydrogen-bond donors (Lipinski definition) is 0. The third-order valence-electron chi connectivity index (χ3n) is 3.19. The van der Waals surface area contributed by atoms with Crippen molar-refractivity contribution in [2.45, 2.75) is 51.4 Å². The van der Waals surface area contributed by atoms with Crippen LogP contribution >= 0.6 is 15.9 Å². The van der Waals surface area contributed by atoms with Crippen LogP contribution in [-0.4, -0.2) is 5.33 Å². The zero-order valence-electron chi connectivity index (χ0n) is 10.6. The van der Waals surface area contributed by atoms with Gasteiger partial charge in [-0.05, 0) is 24.0 Å². The zero-order chi connectivity index (χ0) is 12.5. The lowest BCUT2D eigenvalue weighted by Crippen LogP contribution is -2.03. The van der Waals surface area contributed by atoms with Gasteiger partial charge >= 0.3 is 0 Å². The van der Waals surface area contributed by atoms with E-state index < -0.39 is 0 Å². The van der Waals surface area contributed by atoms with Crippen LogP contribution in [0, 0.1) is 5.82 Å². The average Bonchev–Trinajstić information content (AvgIpc) is 2.35. The number of hydrogen-bond acceptors (Lipinski definition) is 0. The molecule has 1 rings (SSSR count). The van der Waals surface area contributed by atoms with Crippen molar-refractivity contribution in [1.29, 1.82) is 0 Å². The maximum atomic E-state index is 13.6. The molecular weight excluding hydrogens is 279 g/mol. The minimum atomic E-state index is -0.0643. The third kappa shape index (κ3) is 5.20. The monoisotopic (exact) mass is 300 g/mol. The van der Waals surface area contributed by atoms with Crippen LogP contribution in [0.3, 0.4) is 0 Å². The van der Waals surface area contributed by atoms with Crippen LogP contribution in [0.2, 0.25) is 0 Å². The van der Waals surface area contributed by atoms with Gasteiger partial charge in [0.1, 0.15) is 5.82 Å². The molecule has 2 heteroatoms. The molecule has 0 spiro atoms. The maximum Gasteiger partial charge on any atom is 0.126 e. The molecule has 17 heavy (non-hydrogen) atoms. The Morgan fingerprint density at radius 2 is 1.82 bits per heavy atom. The summed E-state index contributed by atoms with van der Waals surface area (Å²) in [6.45, 7) is 2.22. The van der Waals surface area contributed by atoms with Crippen molar-refractivity contribution >= 4 is 15.9 Å². The summed E-state index contributed by atoms with van der Waals surface area (Å²) in [7, 11) is 0. The van der Waals surface area contributed by atoms with Gasteiger partial charge in [-0.1, -0.05) is 73.2 Å². The molecule has 0 aliphatic heterocycles. The van der Waals surface area contributed by atoms with E-state index in [-0.39, 0.29) is 5.82 Å². The predicted octanol–water partition coefficient (Wildman–Crippen LogP) is 5.66. The molecule has 1 unspecified atom stereocenters. The fourth-order valence-corrected chi connectivity index (χ4v) is 2.79. The Labute approximate surface area is 113 Å². The van der Waals surface area contributed by atoms with E-state index in [1.165, 1.54) is 32.1 Å². The van der Waals surface area contributed by atoms with E-state index in [0.717, 1.165) is 17.3 Å². The van der Waals surface area contributed by atoms with E-state index in [1.807, 2.05) is 12.1 Å². The molecule has 0 amide bonds. The molecule has 0 saturated heterocycles. The summed E-state index contributed by atoms with van der Waals surface area (Å²) in [6.07, 6.45) is 7.45. The van der Waals surface area contributed by atoms with Gasteiger partial charge in [0.2, 0.25) is 0 Å². The molecule has 0 bridgehead atoms. The largest absolute Gasteiger partial charge is 0.207 e. The topological polar surface area (TPSA) is 0 Å². The molecule has 0 N–H and O–H groups in total. The fraction of sp³-hybridized carbons (Fsp3) is 0.600. The van der Waals surface area contributed by atoms with Gasteiger partial charge in [-0.15, -0.1) is 0 Å². The van der Waals surface area contributed by atoms with Crippen molar-refractivity contribution < 1.29 is 4.39 Å². The van der Waals surface area contributed by atoms with E-state index >= 15 is 0 Å². The smallest absolute Gasteiger partial charge is 0.126 e. The number of alkyl halides is 1. The predicted molar refractivity (Wildman–Crippen MR) is 76.3 cm³/mol. The van der Waals surface area contributed by atoms with Crippen LogP contribution in [0.1, 0.15) is 56.9 Å². The Hall–Kier alpha value is -0.370. The highest BCUT2D eigenvalue weighted by atomic mass is 79.9. The Morgan fingerprint density at radius 3 is 2.47 bits per heavy atom. The molecule has 1 aromatic rings. The molecule has 1 atom stereocenters. The number of benzene rings is 1. The Morgan fingerprint density at radius 1 is 1.12 bits per heavy atom. The summed E-state index contributed by atoms with van der Waals surface area (Å²) < 4.78 is 13.6. The van der Waals surface area contributed by atoms with Crippen molar-refractivity contribution in [3.63, 3.8) is 0 Å². The second kappa shape index (κ2) is 8.68. The van der Waals surface area contributed by atoms with Gasteiger partial charge in [0, 0.05) is 5.33 Å². The standard InChI is InChI=1S/C15H22BrF/c1-2-3-4-5-6-9-13(12-16)14-10-7-8-11-15(14)17/h7-8,10-11,13H,2-6,9,12H2,1H3. The van der Waals surface area contributed by atoms with Gasteiger partial charge in [0.05, 0.1) is 0 Å². The lowest BCUT2D eigenvalue weighted by Gasteiger charge is -2.15. The van der Waals surface area contributed by atoms with Crippen LogP contribution in [0.15, 0.2) is 24.3 Å². The first-order valence-corrected chi connectivity index (χ1v) is 7.72. The molecule has 96 valence electrons. The van der Waals surface area contributed by atoms with Crippen molar-refractivity contribution in [2.75, 3.05) is 5.33 Å². The minimum Gasteiger partial charge on any atom is -0.207 e. The lowest BCUT2D eigenvalue weighted by atomic mass is 9.94. The van der Waals surface area contributed by atoms with Gasteiger partial charge in [-0.3, -0.25) is 0 Å².